The Morgan fingerprint density at radius 3 is 2.58 bits per heavy atom. The number of nitrogens with one attached hydrogen (secondary N) is 1. The summed E-state index contributed by atoms with van der Waals surface area (Å²) >= 11 is 3.25. The van der Waals surface area contributed by atoms with Crippen LogP contribution in [0.3, 0.4) is 0 Å². The van der Waals surface area contributed by atoms with Gasteiger partial charge in [-0.1, -0.05) is 35.2 Å². The molecular formula is C9H16BrNO. The molecule has 3 heteroatoms. The molecule has 0 aliphatic heterocycles. The molecule has 12 heavy (non-hydrogen) atoms. The molecule has 0 saturated heterocycles. The minimum atomic E-state index is 0.193. The van der Waals surface area contributed by atoms with Crippen LogP contribution < -0.4 is 5.32 Å². The van der Waals surface area contributed by atoms with Crippen molar-refractivity contribution in [2.75, 3.05) is 5.33 Å². The van der Waals surface area contributed by atoms with E-state index in [1.165, 1.54) is 32.1 Å². The Bertz CT molecular complexity index is 143. The van der Waals surface area contributed by atoms with E-state index < -0.39 is 0 Å². The molecule has 0 heterocycles. The predicted octanol–water partition coefficient (Wildman–Crippen LogP) is 2.22. The third-order valence-corrected chi connectivity index (χ3v) is 2.69. The molecular weight excluding hydrogens is 218 g/mol. The second kappa shape index (κ2) is 5.57. The van der Waals surface area contributed by atoms with E-state index in [0.29, 0.717) is 12.5 Å². The summed E-state index contributed by atoms with van der Waals surface area (Å²) in [5.41, 5.74) is 0. The number of amides is 1. The van der Waals surface area contributed by atoms with Crippen molar-refractivity contribution in [3.8, 4) is 0 Å². The van der Waals surface area contributed by atoms with Crippen molar-refractivity contribution in [3.63, 3.8) is 0 Å². The first-order chi connectivity index (χ1) is 5.83. The van der Waals surface area contributed by atoms with E-state index in [1.54, 1.807) is 0 Å². The predicted molar refractivity (Wildman–Crippen MR) is 53.4 cm³/mol. The Hall–Kier alpha value is -0.0500. The summed E-state index contributed by atoms with van der Waals surface area (Å²) < 4.78 is 0. The lowest BCUT2D eigenvalue weighted by Crippen LogP contribution is -2.36. The lowest BCUT2D eigenvalue weighted by molar-refractivity contribution is -0.121. The lowest BCUT2D eigenvalue weighted by Gasteiger charge is -2.22. The van der Waals surface area contributed by atoms with Crippen LogP contribution in [0.5, 0.6) is 0 Å². The standard InChI is InChI=1S/C9H16BrNO/c10-7-6-9(12)11-8-4-2-1-3-5-8/h8H,1-7H2,(H,11,12). The minimum Gasteiger partial charge on any atom is -0.353 e. The molecule has 1 saturated carbocycles. The molecule has 1 rings (SSSR count). The summed E-state index contributed by atoms with van der Waals surface area (Å²) in [5.74, 6) is 0.193. The highest BCUT2D eigenvalue weighted by molar-refractivity contribution is 9.09. The van der Waals surface area contributed by atoms with E-state index in [4.69, 9.17) is 0 Å². The minimum absolute atomic E-state index is 0.193. The maximum absolute atomic E-state index is 11.2. The lowest BCUT2D eigenvalue weighted by atomic mass is 9.95. The van der Waals surface area contributed by atoms with Crippen molar-refractivity contribution < 1.29 is 4.79 Å². The Morgan fingerprint density at radius 1 is 1.33 bits per heavy atom. The van der Waals surface area contributed by atoms with E-state index in [0.717, 1.165) is 5.33 Å². The van der Waals surface area contributed by atoms with E-state index >= 15 is 0 Å². The summed E-state index contributed by atoms with van der Waals surface area (Å²) in [7, 11) is 0. The Balaban J connectivity index is 2.15. The van der Waals surface area contributed by atoms with Gasteiger partial charge in [-0.15, -0.1) is 0 Å². The largest absolute Gasteiger partial charge is 0.353 e. The summed E-state index contributed by atoms with van der Waals surface area (Å²) in [5, 5.41) is 3.82. The molecule has 0 aromatic carbocycles. The van der Waals surface area contributed by atoms with Crippen molar-refractivity contribution in [1.82, 2.24) is 5.32 Å². The first kappa shape index (κ1) is 10.0. The highest BCUT2D eigenvalue weighted by Crippen LogP contribution is 2.17. The smallest absolute Gasteiger partial charge is 0.221 e. The second-order valence-electron chi connectivity index (χ2n) is 3.34. The maximum Gasteiger partial charge on any atom is 0.221 e. The summed E-state index contributed by atoms with van der Waals surface area (Å²) in [6.07, 6.45) is 6.85. The van der Waals surface area contributed by atoms with Crippen molar-refractivity contribution >= 4 is 21.8 Å². The molecule has 1 fully saturated rings. The number of halogens is 1. The van der Waals surface area contributed by atoms with Crippen LogP contribution in [0, 0.1) is 0 Å². The van der Waals surface area contributed by atoms with Crippen LogP contribution in [0.4, 0.5) is 0 Å². The van der Waals surface area contributed by atoms with Gasteiger partial charge < -0.3 is 5.32 Å². The first-order valence-corrected chi connectivity index (χ1v) is 5.80. The monoisotopic (exact) mass is 233 g/mol. The van der Waals surface area contributed by atoms with Gasteiger partial charge in [-0.3, -0.25) is 4.79 Å². The third-order valence-electron chi connectivity index (χ3n) is 2.29. The van der Waals surface area contributed by atoms with E-state index in [1.807, 2.05) is 0 Å². The summed E-state index contributed by atoms with van der Waals surface area (Å²) in [6.45, 7) is 0. The Kier molecular flexibility index (Phi) is 4.66. The van der Waals surface area contributed by atoms with Crippen LogP contribution in [-0.4, -0.2) is 17.3 Å². The average Bonchev–Trinajstić information content (AvgIpc) is 2.06. The fraction of sp³-hybridized carbons (Fsp3) is 0.889. The van der Waals surface area contributed by atoms with Gasteiger partial charge in [0, 0.05) is 17.8 Å². The normalized spacial score (nSPS) is 19.1. The van der Waals surface area contributed by atoms with E-state index in [-0.39, 0.29) is 5.91 Å². The van der Waals surface area contributed by atoms with E-state index in [2.05, 4.69) is 21.2 Å². The SMILES string of the molecule is O=C(CCBr)NC1CCCCC1. The molecule has 0 aromatic heterocycles. The van der Waals surface area contributed by atoms with Crippen molar-refractivity contribution in [1.29, 1.82) is 0 Å². The molecule has 1 amide bonds. The Labute approximate surface area is 82.2 Å². The van der Waals surface area contributed by atoms with Crippen molar-refractivity contribution in [2.45, 2.75) is 44.6 Å². The number of carbonyl (C=O) groups is 1. The number of alkyl halides is 1. The highest BCUT2D eigenvalue weighted by atomic mass is 79.9. The zero-order chi connectivity index (χ0) is 8.81. The van der Waals surface area contributed by atoms with E-state index in [9.17, 15) is 4.79 Å². The number of hydrogen-bond acceptors (Lipinski definition) is 1. The van der Waals surface area contributed by atoms with Crippen LogP contribution in [0.2, 0.25) is 0 Å². The number of hydrogen-bond donors (Lipinski definition) is 1. The molecule has 70 valence electrons. The van der Waals surface area contributed by atoms with Gasteiger partial charge >= 0.3 is 0 Å². The number of carbonyl (C=O) groups excluding carboxylic acids is 1. The maximum atomic E-state index is 11.2. The van der Waals surface area contributed by atoms with Gasteiger partial charge in [-0.05, 0) is 12.8 Å². The molecule has 1 aliphatic carbocycles. The van der Waals surface area contributed by atoms with Gasteiger partial charge in [0.15, 0.2) is 0 Å². The zero-order valence-corrected chi connectivity index (χ0v) is 8.90. The van der Waals surface area contributed by atoms with Gasteiger partial charge in [0.05, 0.1) is 0 Å². The van der Waals surface area contributed by atoms with Crippen molar-refractivity contribution in [3.05, 3.63) is 0 Å². The highest BCUT2D eigenvalue weighted by Gasteiger charge is 2.14. The molecule has 1 N–H and O–H groups in total. The van der Waals surface area contributed by atoms with Crippen LogP contribution in [0.25, 0.3) is 0 Å². The van der Waals surface area contributed by atoms with Gasteiger partial charge in [0.25, 0.3) is 0 Å². The third kappa shape index (κ3) is 3.57. The summed E-state index contributed by atoms with van der Waals surface area (Å²) in [4.78, 5) is 11.2. The van der Waals surface area contributed by atoms with Crippen LogP contribution >= 0.6 is 15.9 Å². The molecule has 2 nitrogen and oxygen atoms in total. The van der Waals surface area contributed by atoms with Crippen LogP contribution in [-0.2, 0) is 4.79 Å². The van der Waals surface area contributed by atoms with Gasteiger partial charge in [0.2, 0.25) is 5.91 Å². The molecule has 0 radical (unpaired) electrons. The first-order valence-electron chi connectivity index (χ1n) is 4.68. The molecule has 1 aliphatic rings. The topological polar surface area (TPSA) is 29.1 Å². The van der Waals surface area contributed by atoms with Gasteiger partial charge in [-0.2, -0.15) is 0 Å². The molecule has 0 atom stereocenters. The Morgan fingerprint density at radius 2 is 2.00 bits per heavy atom. The van der Waals surface area contributed by atoms with Gasteiger partial charge in [-0.25, -0.2) is 0 Å². The molecule has 0 unspecified atom stereocenters. The average molecular weight is 234 g/mol. The molecule has 0 aromatic rings. The van der Waals surface area contributed by atoms with Gasteiger partial charge in [0.1, 0.15) is 0 Å². The fourth-order valence-electron chi connectivity index (χ4n) is 1.63. The van der Waals surface area contributed by atoms with Crippen LogP contribution in [0.1, 0.15) is 38.5 Å². The molecule has 0 bridgehead atoms. The number of rotatable bonds is 3. The molecule has 0 spiro atoms. The van der Waals surface area contributed by atoms with Crippen molar-refractivity contribution in [2.24, 2.45) is 0 Å². The van der Waals surface area contributed by atoms with Crippen LogP contribution in [0.15, 0.2) is 0 Å². The summed E-state index contributed by atoms with van der Waals surface area (Å²) in [6, 6.07) is 0.463. The second-order valence-corrected chi connectivity index (χ2v) is 4.13. The zero-order valence-electron chi connectivity index (χ0n) is 7.31. The quantitative estimate of drug-likeness (QED) is 0.745. The fourth-order valence-corrected chi connectivity index (χ4v) is 1.99.